The fourth-order valence-electron chi connectivity index (χ4n) is 1.78. The quantitative estimate of drug-likeness (QED) is 0.607. The molecular weight excluding hydrogens is 366 g/mol. The zero-order valence-corrected chi connectivity index (χ0v) is 13.8. The number of ether oxygens (including phenoxy) is 1. The van der Waals surface area contributed by atoms with Gasteiger partial charge in [-0.15, -0.1) is 0 Å². The first-order valence-electron chi connectivity index (χ1n) is 6.55. The van der Waals surface area contributed by atoms with E-state index in [1.165, 1.54) is 30.2 Å². The van der Waals surface area contributed by atoms with Crippen LogP contribution in [0.25, 0.3) is 0 Å². The Morgan fingerprint density at radius 1 is 1.48 bits per heavy atom. The molecule has 0 fully saturated rings. The number of pyridine rings is 1. The summed E-state index contributed by atoms with van der Waals surface area (Å²) in [5.41, 5.74) is 2.68. The molecule has 2 N–H and O–H groups in total. The normalized spacial score (nSPS) is 10.7. The molecule has 1 heterocycles. The lowest BCUT2D eigenvalue weighted by Gasteiger charge is -2.06. The van der Waals surface area contributed by atoms with E-state index >= 15 is 0 Å². The Hall–Kier alpha value is -2.61. The molecule has 0 atom stereocenters. The second-order valence-electron chi connectivity index (χ2n) is 4.51. The van der Waals surface area contributed by atoms with E-state index in [-0.39, 0.29) is 23.6 Å². The third-order valence-corrected chi connectivity index (χ3v) is 3.49. The van der Waals surface area contributed by atoms with E-state index in [1.54, 1.807) is 24.3 Å². The molecule has 0 aliphatic carbocycles. The summed E-state index contributed by atoms with van der Waals surface area (Å²) in [4.78, 5) is 23.2. The van der Waals surface area contributed by atoms with Gasteiger partial charge in [-0.1, -0.05) is 6.07 Å². The average Bonchev–Trinajstić information content (AvgIpc) is 2.53. The number of rotatable bonds is 5. The predicted octanol–water partition coefficient (Wildman–Crippen LogP) is 1.48. The molecule has 0 saturated heterocycles. The van der Waals surface area contributed by atoms with Gasteiger partial charge in [0.1, 0.15) is 6.54 Å². The summed E-state index contributed by atoms with van der Waals surface area (Å²) in [7, 11) is 1.43. The van der Waals surface area contributed by atoms with Crippen molar-refractivity contribution in [1.82, 2.24) is 9.99 Å². The topological polar surface area (TPSA) is 92.9 Å². The highest BCUT2D eigenvalue weighted by atomic mass is 79.9. The Balaban J connectivity index is 2.02. The standard InChI is InChI=1S/C15H14BrN3O4/c1-23-12-7-10(6-11(16)15(12)22)8-17-18-13(20)9-19-5-3-2-4-14(19)21/h2-8,22H,9H2,1H3,(H,18,20)/b17-8+. The minimum absolute atomic E-state index is 0.0165. The molecule has 120 valence electrons. The van der Waals surface area contributed by atoms with Gasteiger partial charge in [0.15, 0.2) is 11.5 Å². The van der Waals surface area contributed by atoms with Crippen molar-refractivity contribution in [3.05, 3.63) is 56.9 Å². The Morgan fingerprint density at radius 3 is 2.96 bits per heavy atom. The van der Waals surface area contributed by atoms with Crippen molar-refractivity contribution in [2.45, 2.75) is 6.54 Å². The molecule has 1 amide bonds. The molecule has 0 bridgehead atoms. The van der Waals surface area contributed by atoms with Crippen LogP contribution in [-0.2, 0) is 11.3 Å². The van der Waals surface area contributed by atoms with Gasteiger partial charge in [0.2, 0.25) is 0 Å². The highest BCUT2D eigenvalue weighted by Crippen LogP contribution is 2.34. The molecule has 0 spiro atoms. The average molecular weight is 380 g/mol. The first kappa shape index (κ1) is 16.8. The molecule has 0 aliphatic rings. The molecule has 0 aliphatic heterocycles. The van der Waals surface area contributed by atoms with E-state index in [4.69, 9.17) is 4.74 Å². The van der Waals surface area contributed by atoms with Crippen LogP contribution >= 0.6 is 15.9 Å². The minimum atomic E-state index is -0.431. The fourth-order valence-corrected chi connectivity index (χ4v) is 2.24. The van der Waals surface area contributed by atoms with Crippen molar-refractivity contribution in [3.8, 4) is 11.5 Å². The van der Waals surface area contributed by atoms with Crippen LogP contribution in [0.5, 0.6) is 11.5 Å². The highest BCUT2D eigenvalue weighted by molar-refractivity contribution is 9.10. The first-order valence-corrected chi connectivity index (χ1v) is 7.34. The van der Waals surface area contributed by atoms with Crippen molar-refractivity contribution < 1.29 is 14.6 Å². The number of benzene rings is 1. The second-order valence-corrected chi connectivity index (χ2v) is 5.37. The lowest BCUT2D eigenvalue weighted by atomic mass is 10.2. The van der Waals surface area contributed by atoms with Crippen LogP contribution in [0.15, 0.2) is 50.9 Å². The highest BCUT2D eigenvalue weighted by Gasteiger charge is 2.07. The molecule has 2 rings (SSSR count). The third kappa shape index (κ3) is 4.43. The Morgan fingerprint density at radius 2 is 2.26 bits per heavy atom. The minimum Gasteiger partial charge on any atom is -0.503 e. The number of phenols is 1. The third-order valence-electron chi connectivity index (χ3n) is 2.89. The van der Waals surface area contributed by atoms with E-state index in [1.807, 2.05) is 0 Å². The van der Waals surface area contributed by atoms with Gasteiger partial charge in [-0.3, -0.25) is 9.59 Å². The summed E-state index contributed by atoms with van der Waals surface area (Å²) in [5, 5.41) is 13.5. The number of nitrogens with one attached hydrogen (secondary N) is 1. The maximum atomic E-state index is 11.7. The lowest BCUT2D eigenvalue weighted by molar-refractivity contribution is -0.121. The number of nitrogens with zero attached hydrogens (tertiary/aromatic N) is 2. The van der Waals surface area contributed by atoms with Crippen LogP contribution in [0.3, 0.4) is 0 Å². The zero-order valence-electron chi connectivity index (χ0n) is 12.2. The van der Waals surface area contributed by atoms with Gasteiger partial charge >= 0.3 is 0 Å². The number of hydrogen-bond donors (Lipinski definition) is 2. The van der Waals surface area contributed by atoms with E-state index in [0.29, 0.717) is 10.0 Å². The molecule has 23 heavy (non-hydrogen) atoms. The van der Waals surface area contributed by atoms with Gasteiger partial charge in [-0.05, 0) is 39.7 Å². The molecule has 0 unspecified atom stereocenters. The smallest absolute Gasteiger partial charge is 0.260 e. The number of hydrogen-bond acceptors (Lipinski definition) is 5. The van der Waals surface area contributed by atoms with Crippen molar-refractivity contribution in [2.24, 2.45) is 5.10 Å². The largest absolute Gasteiger partial charge is 0.503 e. The summed E-state index contributed by atoms with van der Waals surface area (Å²) in [6, 6.07) is 7.83. The van der Waals surface area contributed by atoms with Crippen LogP contribution in [0.1, 0.15) is 5.56 Å². The maximum Gasteiger partial charge on any atom is 0.260 e. The summed E-state index contributed by atoms with van der Waals surface area (Å²) in [6.07, 6.45) is 2.92. The summed E-state index contributed by atoms with van der Waals surface area (Å²) in [5.74, 6) is -0.167. The lowest BCUT2D eigenvalue weighted by Crippen LogP contribution is -2.28. The monoisotopic (exact) mass is 379 g/mol. The molecule has 7 nitrogen and oxygen atoms in total. The van der Waals surface area contributed by atoms with Gasteiger partial charge in [0.05, 0.1) is 17.8 Å². The Labute approximate surface area is 140 Å². The van der Waals surface area contributed by atoms with Crippen LogP contribution < -0.4 is 15.7 Å². The summed E-state index contributed by atoms with van der Waals surface area (Å²) < 4.78 is 6.73. The molecule has 1 aromatic heterocycles. The van der Waals surface area contributed by atoms with Crippen molar-refractivity contribution >= 4 is 28.1 Å². The first-order chi connectivity index (χ1) is 11.0. The number of carbonyl (C=O) groups excluding carboxylic acids is 1. The summed E-state index contributed by atoms with van der Waals surface area (Å²) >= 11 is 3.19. The van der Waals surface area contributed by atoms with E-state index in [2.05, 4.69) is 26.5 Å². The number of aromatic hydroxyl groups is 1. The van der Waals surface area contributed by atoms with Gasteiger partial charge in [-0.2, -0.15) is 5.10 Å². The van der Waals surface area contributed by atoms with E-state index < -0.39 is 5.91 Å². The van der Waals surface area contributed by atoms with E-state index in [9.17, 15) is 14.7 Å². The van der Waals surface area contributed by atoms with Crippen LogP contribution in [0, 0.1) is 0 Å². The van der Waals surface area contributed by atoms with Gasteiger partial charge in [0, 0.05) is 12.3 Å². The van der Waals surface area contributed by atoms with Gasteiger partial charge < -0.3 is 14.4 Å². The number of phenolic OH excluding ortho intramolecular Hbond substituents is 1. The van der Waals surface area contributed by atoms with Gasteiger partial charge in [0.25, 0.3) is 11.5 Å². The number of hydrazone groups is 1. The zero-order chi connectivity index (χ0) is 16.8. The predicted molar refractivity (Wildman–Crippen MR) is 88.8 cm³/mol. The maximum absolute atomic E-state index is 11.7. The summed E-state index contributed by atoms with van der Waals surface area (Å²) in [6.45, 7) is -0.125. The number of halogens is 1. The van der Waals surface area contributed by atoms with Crippen molar-refractivity contribution in [1.29, 1.82) is 0 Å². The molecule has 8 heteroatoms. The van der Waals surface area contributed by atoms with Crippen molar-refractivity contribution in [3.63, 3.8) is 0 Å². The Bertz CT molecular complexity index is 802. The number of carbonyl (C=O) groups is 1. The molecule has 0 radical (unpaired) electrons. The molecule has 1 aromatic carbocycles. The van der Waals surface area contributed by atoms with Crippen LogP contribution in [0.2, 0.25) is 0 Å². The van der Waals surface area contributed by atoms with Gasteiger partial charge in [-0.25, -0.2) is 5.43 Å². The number of aromatic nitrogens is 1. The number of amides is 1. The SMILES string of the molecule is COc1cc(/C=N/NC(=O)Cn2ccccc2=O)cc(Br)c1O. The molecule has 0 saturated carbocycles. The second kappa shape index (κ2) is 7.59. The van der Waals surface area contributed by atoms with E-state index in [0.717, 1.165) is 0 Å². The van der Waals surface area contributed by atoms with Crippen LogP contribution in [0.4, 0.5) is 0 Å². The fraction of sp³-hybridized carbons (Fsp3) is 0.133. The number of methoxy groups -OCH3 is 1. The molecular formula is C15H14BrN3O4. The van der Waals surface area contributed by atoms with Crippen LogP contribution in [-0.4, -0.2) is 28.9 Å². The molecule has 2 aromatic rings. The Kier molecular flexibility index (Phi) is 5.53. The van der Waals surface area contributed by atoms with Crippen molar-refractivity contribution in [2.75, 3.05) is 7.11 Å².